The van der Waals surface area contributed by atoms with Crippen LogP contribution in [0, 0.1) is 0 Å². The molecule has 1 heterocycles. The molecule has 17 heavy (non-hydrogen) atoms. The van der Waals surface area contributed by atoms with Crippen molar-refractivity contribution in [1.29, 1.82) is 0 Å². The maximum atomic E-state index is 12.5. The van der Waals surface area contributed by atoms with Crippen molar-refractivity contribution < 1.29 is 18.3 Å². The van der Waals surface area contributed by atoms with Gasteiger partial charge in [0.25, 0.3) is 6.43 Å². The number of rotatable bonds is 5. The van der Waals surface area contributed by atoms with Crippen molar-refractivity contribution in [2.75, 3.05) is 6.61 Å². The minimum Gasteiger partial charge on any atom is -0.466 e. The zero-order chi connectivity index (χ0) is 12.8. The van der Waals surface area contributed by atoms with E-state index in [0.717, 1.165) is 0 Å². The molecule has 0 saturated heterocycles. The predicted molar refractivity (Wildman–Crippen MR) is 59.1 cm³/mol. The average molecular weight is 264 g/mol. The van der Waals surface area contributed by atoms with Crippen molar-refractivity contribution in [3.63, 3.8) is 0 Å². The van der Waals surface area contributed by atoms with Gasteiger partial charge < -0.3 is 4.74 Å². The Hall–Kier alpha value is -1.23. The maximum Gasteiger partial charge on any atom is 0.310 e. The summed E-state index contributed by atoms with van der Waals surface area (Å²) in [6, 6.07) is 1.19. The fourth-order valence-corrected chi connectivity index (χ4v) is 1.56. The Bertz CT molecular complexity index is 399. The first kappa shape index (κ1) is 13.8. The first-order valence-corrected chi connectivity index (χ1v) is 5.59. The normalized spacial score (nSPS) is 10.6. The molecular formula is C11H12ClF2NO2. The fourth-order valence-electron chi connectivity index (χ4n) is 1.32. The van der Waals surface area contributed by atoms with E-state index in [2.05, 4.69) is 4.98 Å². The Morgan fingerprint density at radius 1 is 1.53 bits per heavy atom. The minimum absolute atomic E-state index is 0.0713. The molecule has 0 aliphatic carbocycles. The number of nitrogens with zero attached hydrogens (tertiary/aromatic N) is 1. The molecule has 0 atom stereocenters. The number of pyridine rings is 1. The van der Waals surface area contributed by atoms with Crippen LogP contribution in [0.5, 0.6) is 0 Å². The number of aromatic nitrogens is 1. The Morgan fingerprint density at radius 3 is 2.76 bits per heavy atom. The van der Waals surface area contributed by atoms with E-state index in [0.29, 0.717) is 11.1 Å². The standard InChI is InChI=1S/C11H12ClF2NO2/c1-2-17-10(16)4-7-3-9(11(13)14)15-6-8(7)5-12/h3,6,11H,2,4-5H2,1H3. The number of ether oxygens (including phenoxy) is 1. The van der Waals surface area contributed by atoms with E-state index in [4.69, 9.17) is 16.3 Å². The third-order valence-corrected chi connectivity index (χ3v) is 2.40. The number of carbonyl (C=O) groups is 1. The minimum atomic E-state index is -2.67. The van der Waals surface area contributed by atoms with Crippen LogP contribution >= 0.6 is 11.6 Å². The largest absolute Gasteiger partial charge is 0.466 e. The van der Waals surface area contributed by atoms with Gasteiger partial charge in [0.15, 0.2) is 0 Å². The summed E-state index contributed by atoms with van der Waals surface area (Å²) in [5, 5.41) is 0. The quantitative estimate of drug-likeness (QED) is 0.606. The summed E-state index contributed by atoms with van der Waals surface area (Å²) in [5.74, 6) is -0.351. The lowest BCUT2D eigenvalue weighted by Gasteiger charge is -2.08. The lowest BCUT2D eigenvalue weighted by atomic mass is 10.1. The molecule has 0 N–H and O–H groups in total. The Morgan fingerprint density at radius 2 is 2.24 bits per heavy atom. The highest BCUT2D eigenvalue weighted by molar-refractivity contribution is 6.17. The van der Waals surface area contributed by atoms with E-state index in [-0.39, 0.29) is 24.6 Å². The van der Waals surface area contributed by atoms with Crippen LogP contribution < -0.4 is 0 Å². The van der Waals surface area contributed by atoms with E-state index in [1.54, 1.807) is 6.92 Å². The van der Waals surface area contributed by atoms with Gasteiger partial charge in [0.1, 0.15) is 5.69 Å². The average Bonchev–Trinajstić information content (AvgIpc) is 2.29. The molecule has 0 unspecified atom stereocenters. The van der Waals surface area contributed by atoms with Gasteiger partial charge in [-0.25, -0.2) is 8.78 Å². The van der Waals surface area contributed by atoms with E-state index < -0.39 is 12.4 Å². The fraction of sp³-hybridized carbons (Fsp3) is 0.455. The van der Waals surface area contributed by atoms with Crippen LogP contribution in [-0.2, 0) is 21.8 Å². The van der Waals surface area contributed by atoms with Crippen molar-refractivity contribution >= 4 is 17.6 Å². The number of alkyl halides is 3. The third kappa shape index (κ3) is 3.93. The van der Waals surface area contributed by atoms with Crippen molar-refractivity contribution in [2.45, 2.75) is 25.7 Å². The van der Waals surface area contributed by atoms with Gasteiger partial charge in [-0.3, -0.25) is 9.78 Å². The van der Waals surface area contributed by atoms with Crippen LogP contribution in [-0.4, -0.2) is 17.6 Å². The van der Waals surface area contributed by atoms with E-state index in [1.165, 1.54) is 12.3 Å². The molecule has 3 nitrogen and oxygen atoms in total. The Kier molecular flexibility index (Phi) is 5.28. The van der Waals surface area contributed by atoms with Gasteiger partial charge in [0, 0.05) is 12.1 Å². The van der Waals surface area contributed by atoms with Crippen molar-refractivity contribution in [1.82, 2.24) is 4.98 Å². The monoisotopic (exact) mass is 263 g/mol. The van der Waals surface area contributed by atoms with Crippen molar-refractivity contribution in [2.24, 2.45) is 0 Å². The topological polar surface area (TPSA) is 39.2 Å². The molecule has 0 saturated carbocycles. The van der Waals surface area contributed by atoms with E-state index >= 15 is 0 Å². The van der Waals surface area contributed by atoms with Crippen LogP contribution in [0.25, 0.3) is 0 Å². The molecule has 0 aliphatic rings. The molecule has 0 radical (unpaired) electrons. The van der Waals surface area contributed by atoms with Gasteiger partial charge in [-0.2, -0.15) is 0 Å². The summed E-state index contributed by atoms with van der Waals surface area (Å²) < 4.78 is 29.7. The lowest BCUT2D eigenvalue weighted by molar-refractivity contribution is -0.142. The number of esters is 1. The molecule has 0 bridgehead atoms. The molecule has 0 spiro atoms. The summed E-state index contributed by atoms with van der Waals surface area (Å²) >= 11 is 5.64. The van der Waals surface area contributed by atoms with Crippen LogP contribution in [0.2, 0.25) is 0 Å². The molecule has 6 heteroatoms. The second kappa shape index (κ2) is 6.49. The summed E-state index contributed by atoms with van der Waals surface area (Å²) in [6.45, 7) is 1.93. The Labute approximate surface area is 103 Å². The number of halogens is 3. The predicted octanol–water partition coefficient (Wildman–Crippen LogP) is 2.86. The van der Waals surface area contributed by atoms with Gasteiger partial charge >= 0.3 is 5.97 Å². The van der Waals surface area contributed by atoms with Gasteiger partial charge in [-0.1, -0.05) is 0 Å². The maximum absolute atomic E-state index is 12.5. The van der Waals surface area contributed by atoms with Crippen LogP contribution in [0.3, 0.4) is 0 Å². The van der Waals surface area contributed by atoms with Crippen LogP contribution in [0.4, 0.5) is 8.78 Å². The second-order valence-electron chi connectivity index (χ2n) is 3.29. The third-order valence-electron chi connectivity index (χ3n) is 2.11. The molecule has 0 fully saturated rings. The molecule has 1 aromatic rings. The summed E-state index contributed by atoms with van der Waals surface area (Å²) in [4.78, 5) is 14.9. The summed E-state index contributed by atoms with van der Waals surface area (Å²) in [7, 11) is 0. The van der Waals surface area contributed by atoms with Crippen LogP contribution in [0.15, 0.2) is 12.3 Å². The molecule has 94 valence electrons. The van der Waals surface area contributed by atoms with Gasteiger partial charge in [-0.15, -0.1) is 11.6 Å². The first-order valence-electron chi connectivity index (χ1n) is 5.05. The van der Waals surface area contributed by atoms with E-state index in [1.807, 2.05) is 0 Å². The SMILES string of the molecule is CCOC(=O)Cc1cc(C(F)F)ncc1CCl. The first-order chi connectivity index (χ1) is 8.08. The van der Waals surface area contributed by atoms with Gasteiger partial charge in [0.05, 0.1) is 13.0 Å². The molecular weight excluding hydrogens is 252 g/mol. The Balaban J connectivity index is 2.93. The van der Waals surface area contributed by atoms with Crippen LogP contribution in [0.1, 0.15) is 30.2 Å². The number of hydrogen-bond donors (Lipinski definition) is 0. The van der Waals surface area contributed by atoms with Crippen molar-refractivity contribution in [3.8, 4) is 0 Å². The van der Waals surface area contributed by atoms with Crippen molar-refractivity contribution in [3.05, 3.63) is 29.1 Å². The molecule has 1 aromatic heterocycles. The molecule has 0 amide bonds. The smallest absolute Gasteiger partial charge is 0.310 e. The molecule has 0 aromatic carbocycles. The number of hydrogen-bond acceptors (Lipinski definition) is 3. The zero-order valence-electron chi connectivity index (χ0n) is 9.25. The zero-order valence-corrected chi connectivity index (χ0v) is 10.0. The second-order valence-corrected chi connectivity index (χ2v) is 3.56. The highest BCUT2D eigenvalue weighted by atomic mass is 35.5. The summed E-state index contributed by atoms with van der Waals surface area (Å²) in [5.41, 5.74) is 0.631. The highest BCUT2D eigenvalue weighted by Gasteiger charge is 2.14. The van der Waals surface area contributed by atoms with E-state index in [9.17, 15) is 13.6 Å². The van der Waals surface area contributed by atoms with Gasteiger partial charge in [-0.05, 0) is 24.1 Å². The highest BCUT2D eigenvalue weighted by Crippen LogP contribution is 2.20. The number of carbonyl (C=O) groups excluding carboxylic acids is 1. The summed E-state index contributed by atoms with van der Waals surface area (Å²) in [6.07, 6.45) is -1.47. The molecule has 1 rings (SSSR count). The lowest BCUT2D eigenvalue weighted by Crippen LogP contribution is -2.10. The molecule has 0 aliphatic heterocycles. The van der Waals surface area contributed by atoms with Gasteiger partial charge in [0.2, 0.25) is 0 Å².